The number of carbonyl (C=O) groups excluding carboxylic acids is 1. The highest BCUT2D eigenvalue weighted by Gasteiger charge is 2.25. The average Bonchev–Trinajstić information content (AvgIpc) is 3.02. The fraction of sp³-hybridized carbons (Fsp3) is 0.318. The minimum Gasteiger partial charge on any atom is -0.464 e. The lowest BCUT2D eigenvalue weighted by Gasteiger charge is -2.13. The van der Waals surface area contributed by atoms with Crippen molar-refractivity contribution < 1.29 is 19.2 Å². The number of oxime groups is 2. The Labute approximate surface area is 164 Å². The number of ether oxygens (including phenoxy) is 1. The van der Waals surface area contributed by atoms with Crippen LogP contribution in [0.15, 0.2) is 52.8 Å². The minimum atomic E-state index is -0.571. The fourth-order valence-corrected chi connectivity index (χ4v) is 3.45. The number of benzene rings is 2. The smallest absolute Gasteiger partial charge is 0.360 e. The molecule has 28 heavy (non-hydrogen) atoms. The Kier molecular flexibility index (Phi) is 6.09. The predicted octanol–water partition coefficient (Wildman–Crippen LogP) is 3.63. The summed E-state index contributed by atoms with van der Waals surface area (Å²) in [5.41, 5.74) is 5.85. The molecule has 0 saturated heterocycles. The third-order valence-electron chi connectivity index (χ3n) is 4.88. The van der Waals surface area contributed by atoms with Crippen molar-refractivity contribution in [1.29, 1.82) is 0 Å². The molecule has 6 heteroatoms. The second-order valence-corrected chi connectivity index (χ2v) is 6.73. The summed E-state index contributed by atoms with van der Waals surface area (Å²) in [6.07, 6.45) is 0.959. The maximum atomic E-state index is 12.1. The molecule has 3 rings (SSSR count). The number of fused-ring (bicyclic) bond motifs is 1. The summed E-state index contributed by atoms with van der Waals surface area (Å²) in [5, 5.41) is 8.27. The number of hydrogen-bond donors (Lipinski definition) is 0. The summed E-state index contributed by atoms with van der Waals surface area (Å²) in [7, 11) is 2.70. The number of aryl methyl sites for hydroxylation is 1. The number of rotatable bonds is 6. The molecular formula is C22H24N2O4. The van der Waals surface area contributed by atoms with E-state index < -0.39 is 5.97 Å². The van der Waals surface area contributed by atoms with Crippen LogP contribution in [-0.4, -0.2) is 31.6 Å². The van der Waals surface area contributed by atoms with Crippen LogP contribution in [0.1, 0.15) is 34.7 Å². The Morgan fingerprint density at radius 1 is 1.14 bits per heavy atom. The summed E-state index contributed by atoms with van der Waals surface area (Å²) in [4.78, 5) is 22.7. The quantitative estimate of drug-likeness (QED) is 0.436. The van der Waals surface area contributed by atoms with Crippen molar-refractivity contribution >= 4 is 17.4 Å². The number of methoxy groups -OCH3 is 1. The number of nitrogens with zero attached hydrogens (tertiary/aromatic N) is 2. The molecule has 0 aliphatic heterocycles. The lowest BCUT2D eigenvalue weighted by atomic mass is 9.99. The van der Waals surface area contributed by atoms with E-state index in [9.17, 15) is 4.79 Å². The molecule has 0 spiro atoms. The fourth-order valence-electron chi connectivity index (χ4n) is 3.45. The van der Waals surface area contributed by atoms with Gasteiger partial charge < -0.3 is 14.4 Å². The van der Waals surface area contributed by atoms with Crippen LogP contribution < -0.4 is 0 Å². The van der Waals surface area contributed by atoms with Crippen LogP contribution >= 0.6 is 0 Å². The molecule has 2 aromatic carbocycles. The van der Waals surface area contributed by atoms with E-state index in [1.54, 1.807) is 6.07 Å². The summed E-state index contributed by atoms with van der Waals surface area (Å²) < 4.78 is 4.83. The topological polar surface area (TPSA) is 69.5 Å². The Hall–Kier alpha value is -3.15. The van der Waals surface area contributed by atoms with Crippen molar-refractivity contribution in [1.82, 2.24) is 0 Å². The molecule has 0 N–H and O–H groups in total. The molecule has 0 saturated carbocycles. The Bertz CT molecular complexity index is 934. The minimum absolute atomic E-state index is 0.0968. The van der Waals surface area contributed by atoms with E-state index in [0.717, 1.165) is 28.8 Å². The number of carbonyl (C=O) groups is 1. The first-order chi connectivity index (χ1) is 13.6. The van der Waals surface area contributed by atoms with Gasteiger partial charge in [0.25, 0.3) is 0 Å². The molecule has 1 aliphatic carbocycles. The number of esters is 1. The zero-order valence-electron chi connectivity index (χ0n) is 16.6. The summed E-state index contributed by atoms with van der Waals surface area (Å²) in [6, 6.07) is 13.8. The molecule has 0 heterocycles. The molecule has 2 aromatic rings. The van der Waals surface area contributed by atoms with Crippen molar-refractivity contribution in [3.63, 3.8) is 0 Å². The van der Waals surface area contributed by atoms with Gasteiger partial charge in [-0.2, -0.15) is 0 Å². The molecule has 0 aromatic heterocycles. The van der Waals surface area contributed by atoms with Gasteiger partial charge in [-0.15, -0.1) is 0 Å². The lowest BCUT2D eigenvalue weighted by molar-refractivity contribution is -0.132. The molecule has 6 nitrogen and oxygen atoms in total. The molecule has 1 unspecified atom stereocenters. The molecule has 0 bridgehead atoms. The van der Waals surface area contributed by atoms with E-state index in [1.165, 1.54) is 19.8 Å². The maximum Gasteiger partial charge on any atom is 0.360 e. The molecule has 0 amide bonds. The second kappa shape index (κ2) is 8.69. The maximum absolute atomic E-state index is 12.1. The third-order valence-corrected chi connectivity index (χ3v) is 4.88. The molecular weight excluding hydrogens is 356 g/mol. The monoisotopic (exact) mass is 380 g/mol. The van der Waals surface area contributed by atoms with Crippen LogP contribution in [0.25, 0.3) is 0 Å². The van der Waals surface area contributed by atoms with Gasteiger partial charge in [-0.25, -0.2) is 4.79 Å². The van der Waals surface area contributed by atoms with Gasteiger partial charge in [0, 0.05) is 22.6 Å². The van der Waals surface area contributed by atoms with Crippen LogP contribution in [0.5, 0.6) is 0 Å². The van der Waals surface area contributed by atoms with Gasteiger partial charge in [0.2, 0.25) is 0 Å². The van der Waals surface area contributed by atoms with Gasteiger partial charge in [-0.1, -0.05) is 59.7 Å². The Morgan fingerprint density at radius 2 is 1.93 bits per heavy atom. The van der Waals surface area contributed by atoms with E-state index in [-0.39, 0.29) is 12.3 Å². The predicted molar refractivity (Wildman–Crippen MR) is 107 cm³/mol. The second-order valence-electron chi connectivity index (χ2n) is 6.73. The van der Waals surface area contributed by atoms with Gasteiger partial charge in [-0.05, 0) is 24.5 Å². The van der Waals surface area contributed by atoms with Gasteiger partial charge in [0.15, 0.2) is 5.71 Å². The molecule has 146 valence electrons. The third kappa shape index (κ3) is 3.91. The van der Waals surface area contributed by atoms with Gasteiger partial charge in [-0.3, -0.25) is 0 Å². The van der Waals surface area contributed by atoms with E-state index in [0.29, 0.717) is 11.5 Å². The molecule has 0 fully saturated rings. The first-order valence-electron chi connectivity index (χ1n) is 9.13. The normalized spacial score (nSPS) is 17.4. The largest absolute Gasteiger partial charge is 0.464 e. The van der Waals surface area contributed by atoms with Crippen LogP contribution in [0.3, 0.4) is 0 Å². The van der Waals surface area contributed by atoms with E-state index in [1.807, 2.05) is 31.2 Å². The summed E-state index contributed by atoms with van der Waals surface area (Å²) in [6.45, 7) is 4.30. The lowest BCUT2D eigenvalue weighted by Crippen LogP contribution is -2.20. The Morgan fingerprint density at radius 3 is 2.68 bits per heavy atom. The van der Waals surface area contributed by atoms with Crippen LogP contribution in [0.2, 0.25) is 0 Å². The molecule has 0 radical (unpaired) electrons. The van der Waals surface area contributed by atoms with Crippen LogP contribution in [-0.2, 0) is 32.2 Å². The summed E-state index contributed by atoms with van der Waals surface area (Å²) >= 11 is 0. The van der Waals surface area contributed by atoms with Crippen molar-refractivity contribution in [3.8, 4) is 0 Å². The van der Waals surface area contributed by atoms with E-state index >= 15 is 0 Å². The standard InChI is InChI=1S/C22H24N2O4/c1-14-8-7-11-18(21(23-27-4)22(25)26-3)19(14)13-28-24-20-15(2)12-16-9-5-6-10-17(16)20/h5-11,15H,12-13H2,1-4H3/b23-21+,24-20+. The molecule has 1 aliphatic rings. The van der Waals surface area contributed by atoms with E-state index in [4.69, 9.17) is 14.4 Å². The zero-order chi connectivity index (χ0) is 20.1. The molecule has 1 atom stereocenters. The van der Waals surface area contributed by atoms with Crippen LogP contribution in [0.4, 0.5) is 0 Å². The van der Waals surface area contributed by atoms with Gasteiger partial charge in [0.1, 0.15) is 13.7 Å². The average molecular weight is 380 g/mol. The number of hydrogen-bond acceptors (Lipinski definition) is 6. The van der Waals surface area contributed by atoms with Crippen molar-refractivity contribution in [2.45, 2.75) is 26.9 Å². The highest BCUT2D eigenvalue weighted by molar-refractivity contribution is 6.43. The van der Waals surface area contributed by atoms with Crippen molar-refractivity contribution in [3.05, 3.63) is 70.3 Å². The highest BCUT2D eigenvalue weighted by Crippen LogP contribution is 2.27. The van der Waals surface area contributed by atoms with Crippen molar-refractivity contribution in [2.24, 2.45) is 16.2 Å². The highest BCUT2D eigenvalue weighted by atomic mass is 16.6. The van der Waals surface area contributed by atoms with Crippen molar-refractivity contribution in [2.75, 3.05) is 14.2 Å². The SMILES string of the molecule is CO/N=C(/C(=O)OC)c1cccc(C)c1CO/N=C1/c2ccccc2CC1C. The van der Waals surface area contributed by atoms with E-state index in [2.05, 4.69) is 29.4 Å². The summed E-state index contributed by atoms with van der Waals surface area (Å²) in [5.74, 6) is -0.271. The Balaban J connectivity index is 1.88. The first kappa shape index (κ1) is 19.6. The van der Waals surface area contributed by atoms with Crippen LogP contribution in [0, 0.1) is 12.8 Å². The zero-order valence-corrected chi connectivity index (χ0v) is 16.6. The van der Waals surface area contributed by atoms with Gasteiger partial charge in [0.05, 0.1) is 12.8 Å². The first-order valence-corrected chi connectivity index (χ1v) is 9.13. The van der Waals surface area contributed by atoms with Gasteiger partial charge >= 0.3 is 5.97 Å².